The van der Waals surface area contributed by atoms with Crippen molar-refractivity contribution >= 4 is 38.6 Å². The Morgan fingerprint density at radius 2 is 1.81 bits per heavy atom. The molecule has 0 aliphatic rings. The van der Waals surface area contributed by atoms with Crippen LogP contribution in [-0.4, -0.2) is 22.6 Å². The third kappa shape index (κ3) is 3.42. The van der Waals surface area contributed by atoms with Gasteiger partial charge in [-0.1, -0.05) is 11.6 Å². The fourth-order valence-corrected chi connectivity index (χ4v) is 4.27. The molecule has 0 saturated carbocycles. The summed E-state index contributed by atoms with van der Waals surface area (Å²) in [6, 6.07) is 6.29. The Morgan fingerprint density at radius 3 is 2.33 bits per heavy atom. The van der Waals surface area contributed by atoms with Crippen molar-refractivity contribution in [1.29, 1.82) is 0 Å². The Balaban J connectivity index is 2.43. The monoisotopic (exact) mass is 347 g/mol. The normalized spacial score (nSPS) is 11.2. The highest BCUT2D eigenvalue weighted by molar-refractivity contribution is 7.94. The van der Waals surface area contributed by atoms with E-state index in [0.717, 1.165) is 4.88 Å². The largest absolute Gasteiger partial charge is 0.495 e. The predicted octanol–water partition coefficient (Wildman–Crippen LogP) is 3.53. The quantitative estimate of drug-likeness (QED) is 0.898. The minimum absolute atomic E-state index is 0.232. The third-order valence-corrected chi connectivity index (χ3v) is 5.85. The summed E-state index contributed by atoms with van der Waals surface area (Å²) in [6.45, 7) is 1.84. The summed E-state index contributed by atoms with van der Waals surface area (Å²) < 4.78 is 37.6. The van der Waals surface area contributed by atoms with Crippen LogP contribution in [0.25, 0.3) is 0 Å². The van der Waals surface area contributed by atoms with Crippen LogP contribution in [0.4, 0.5) is 5.69 Å². The average molecular weight is 348 g/mol. The standard InChI is InChI=1S/C13H14ClNO4S2/c1-8-4-5-13(20-8)21(16,17)15-10-7-11(18-2)9(14)6-12(10)19-3/h4-7,15H,1-3H3. The molecule has 0 aliphatic heterocycles. The van der Waals surface area contributed by atoms with E-state index in [1.165, 1.54) is 37.7 Å². The molecule has 0 atom stereocenters. The van der Waals surface area contributed by atoms with E-state index in [0.29, 0.717) is 16.5 Å². The first kappa shape index (κ1) is 15.9. The molecule has 1 aromatic carbocycles. The van der Waals surface area contributed by atoms with Crippen molar-refractivity contribution in [1.82, 2.24) is 0 Å². The van der Waals surface area contributed by atoms with Gasteiger partial charge in [-0.2, -0.15) is 0 Å². The molecule has 8 heteroatoms. The molecular formula is C13H14ClNO4S2. The highest BCUT2D eigenvalue weighted by Gasteiger charge is 2.20. The van der Waals surface area contributed by atoms with E-state index in [9.17, 15) is 8.42 Å². The van der Waals surface area contributed by atoms with Crippen molar-refractivity contribution in [3.63, 3.8) is 0 Å². The summed E-state index contributed by atoms with van der Waals surface area (Å²) in [5.41, 5.74) is 0.268. The molecule has 2 aromatic rings. The van der Waals surface area contributed by atoms with Crippen LogP contribution in [0, 0.1) is 6.92 Å². The van der Waals surface area contributed by atoms with Gasteiger partial charge in [0.25, 0.3) is 10.0 Å². The lowest BCUT2D eigenvalue weighted by Crippen LogP contribution is -2.12. The lowest BCUT2D eigenvalue weighted by atomic mass is 10.3. The van der Waals surface area contributed by atoms with Crippen LogP contribution in [-0.2, 0) is 10.0 Å². The van der Waals surface area contributed by atoms with Crippen molar-refractivity contribution in [2.24, 2.45) is 0 Å². The van der Waals surface area contributed by atoms with Crippen LogP contribution < -0.4 is 14.2 Å². The van der Waals surface area contributed by atoms with E-state index in [-0.39, 0.29) is 9.90 Å². The Morgan fingerprint density at radius 1 is 1.14 bits per heavy atom. The average Bonchev–Trinajstić information content (AvgIpc) is 2.87. The fraction of sp³-hybridized carbons (Fsp3) is 0.231. The number of methoxy groups -OCH3 is 2. The van der Waals surface area contributed by atoms with Gasteiger partial charge < -0.3 is 9.47 Å². The lowest BCUT2D eigenvalue weighted by Gasteiger charge is -2.13. The number of aryl methyl sites for hydroxylation is 1. The zero-order chi connectivity index (χ0) is 15.6. The molecule has 2 rings (SSSR count). The molecule has 0 radical (unpaired) electrons. The number of hydrogen-bond acceptors (Lipinski definition) is 5. The number of rotatable bonds is 5. The molecule has 5 nitrogen and oxygen atoms in total. The van der Waals surface area contributed by atoms with Gasteiger partial charge in [0.05, 0.1) is 24.9 Å². The van der Waals surface area contributed by atoms with Crippen LogP contribution >= 0.6 is 22.9 Å². The predicted molar refractivity (Wildman–Crippen MR) is 84.4 cm³/mol. The first-order valence-electron chi connectivity index (χ1n) is 5.88. The molecule has 1 heterocycles. The first-order valence-corrected chi connectivity index (χ1v) is 8.56. The van der Waals surface area contributed by atoms with Gasteiger partial charge in [-0.05, 0) is 19.1 Å². The Bertz CT molecular complexity index is 756. The number of ether oxygens (including phenoxy) is 2. The highest BCUT2D eigenvalue weighted by Crippen LogP contribution is 2.37. The minimum Gasteiger partial charge on any atom is -0.495 e. The summed E-state index contributed by atoms with van der Waals surface area (Å²) >= 11 is 7.18. The smallest absolute Gasteiger partial charge is 0.271 e. The van der Waals surface area contributed by atoms with E-state index in [2.05, 4.69) is 4.72 Å². The second-order valence-electron chi connectivity index (χ2n) is 4.16. The van der Waals surface area contributed by atoms with Crippen molar-refractivity contribution in [2.75, 3.05) is 18.9 Å². The van der Waals surface area contributed by atoms with Gasteiger partial charge in [0.2, 0.25) is 0 Å². The molecule has 21 heavy (non-hydrogen) atoms. The maximum absolute atomic E-state index is 12.3. The Kier molecular flexibility index (Phi) is 4.65. The molecule has 114 valence electrons. The summed E-state index contributed by atoms with van der Waals surface area (Å²) in [4.78, 5) is 0.913. The molecule has 0 spiro atoms. The molecule has 0 aliphatic carbocycles. The number of halogens is 1. The Hall–Kier alpha value is -1.44. The van der Waals surface area contributed by atoms with Gasteiger partial charge in [-0.15, -0.1) is 11.3 Å². The summed E-state index contributed by atoms with van der Waals surface area (Å²) in [6.07, 6.45) is 0. The van der Waals surface area contributed by atoms with Gasteiger partial charge >= 0.3 is 0 Å². The van der Waals surface area contributed by atoms with Gasteiger partial charge in [-0.25, -0.2) is 8.42 Å². The third-order valence-electron chi connectivity index (χ3n) is 2.70. The van der Waals surface area contributed by atoms with E-state index in [1.54, 1.807) is 12.1 Å². The summed E-state index contributed by atoms with van der Waals surface area (Å²) in [5, 5.41) is 0.337. The molecular weight excluding hydrogens is 334 g/mol. The van der Waals surface area contributed by atoms with Crippen molar-refractivity contribution < 1.29 is 17.9 Å². The molecule has 0 bridgehead atoms. The van der Waals surface area contributed by atoms with Crippen LogP contribution in [0.2, 0.25) is 5.02 Å². The van der Waals surface area contributed by atoms with E-state index >= 15 is 0 Å². The van der Waals surface area contributed by atoms with Gasteiger partial charge in [0, 0.05) is 17.0 Å². The topological polar surface area (TPSA) is 64.6 Å². The SMILES string of the molecule is COc1cc(NS(=O)(=O)c2ccc(C)s2)c(OC)cc1Cl. The molecule has 1 aromatic heterocycles. The van der Waals surface area contributed by atoms with Gasteiger partial charge in [-0.3, -0.25) is 4.72 Å². The number of benzene rings is 1. The summed E-state index contributed by atoms with van der Waals surface area (Å²) in [5.74, 6) is 0.676. The Labute approximate surface area is 132 Å². The van der Waals surface area contributed by atoms with Gasteiger partial charge in [0.1, 0.15) is 15.7 Å². The van der Waals surface area contributed by atoms with Crippen LogP contribution in [0.5, 0.6) is 11.5 Å². The first-order chi connectivity index (χ1) is 9.87. The maximum atomic E-state index is 12.3. The zero-order valence-electron chi connectivity index (χ0n) is 11.6. The maximum Gasteiger partial charge on any atom is 0.271 e. The van der Waals surface area contributed by atoms with Crippen molar-refractivity contribution in [2.45, 2.75) is 11.1 Å². The number of nitrogens with one attached hydrogen (secondary N) is 1. The van der Waals surface area contributed by atoms with Crippen LogP contribution in [0.3, 0.4) is 0 Å². The molecule has 0 fully saturated rings. The van der Waals surface area contributed by atoms with Gasteiger partial charge in [0.15, 0.2) is 0 Å². The molecule has 0 amide bonds. The number of hydrogen-bond donors (Lipinski definition) is 1. The minimum atomic E-state index is -3.67. The van der Waals surface area contributed by atoms with E-state index in [4.69, 9.17) is 21.1 Å². The molecule has 0 saturated heterocycles. The fourth-order valence-electron chi connectivity index (χ4n) is 1.69. The van der Waals surface area contributed by atoms with E-state index in [1.807, 2.05) is 6.92 Å². The number of anilines is 1. The highest BCUT2D eigenvalue weighted by atomic mass is 35.5. The second-order valence-corrected chi connectivity index (χ2v) is 7.76. The number of sulfonamides is 1. The molecule has 1 N–H and O–H groups in total. The van der Waals surface area contributed by atoms with Crippen LogP contribution in [0.1, 0.15) is 4.88 Å². The lowest BCUT2D eigenvalue weighted by molar-refractivity contribution is 0.405. The van der Waals surface area contributed by atoms with Crippen LogP contribution in [0.15, 0.2) is 28.5 Å². The van der Waals surface area contributed by atoms with Crippen molar-refractivity contribution in [3.8, 4) is 11.5 Å². The number of thiophene rings is 1. The zero-order valence-corrected chi connectivity index (χ0v) is 14.0. The van der Waals surface area contributed by atoms with E-state index < -0.39 is 10.0 Å². The molecule has 0 unspecified atom stereocenters. The van der Waals surface area contributed by atoms with Crippen molar-refractivity contribution in [3.05, 3.63) is 34.2 Å². The second kappa shape index (κ2) is 6.13. The summed E-state index contributed by atoms with van der Waals surface area (Å²) in [7, 11) is -0.784.